The van der Waals surface area contributed by atoms with E-state index >= 15 is 0 Å². The summed E-state index contributed by atoms with van der Waals surface area (Å²) in [7, 11) is 0. The largest absolute Gasteiger partial charge is 0.507 e. The van der Waals surface area contributed by atoms with Gasteiger partial charge >= 0.3 is 0 Å². The van der Waals surface area contributed by atoms with Crippen molar-refractivity contribution in [3.63, 3.8) is 0 Å². The fourth-order valence-electron chi connectivity index (χ4n) is 3.75. The number of aromatic nitrogens is 1. The summed E-state index contributed by atoms with van der Waals surface area (Å²) in [6.45, 7) is 4.02. The van der Waals surface area contributed by atoms with Crippen molar-refractivity contribution in [2.45, 2.75) is 19.9 Å². The lowest BCUT2D eigenvalue weighted by molar-refractivity contribution is -0.132. The molecule has 162 valence electrons. The quantitative estimate of drug-likeness (QED) is 0.359. The number of aliphatic hydroxyl groups is 1. The van der Waals surface area contributed by atoms with Crippen LogP contribution in [0.25, 0.3) is 5.76 Å². The first kappa shape index (κ1) is 21.1. The van der Waals surface area contributed by atoms with Gasteiger partial charge in [0.15, 0.2) is 11.5 Å². The first-order valence-electron chi connectivity index (χ1n) is 10.2. The van der Waals surface area contributed by atoms with Crippen molar-refractivity contribution in [3.05, 3.63) is 89.3 Å². The number of phenols is 1. The molecule has 0 bridgehead atoms. The van der Waals surface area contributed by atoms with Gasteiger partial charge in [0.2, 0.25) is 0 Å². The zero-order valence-electron chi connectivity index (χ0n) is 17.6. The third-order valence-electron chi connectivity index (χ3n) is 5.29. The van der Waals surface area contributed by atoms with E-state index in [-0.39, 0.29) is 22.8 Å². The highest BCUT2D eigenvalue weighted by Gasteiger charge is 2.47. The molecule has 1 unspecified atom stereocenters. The molecule has 4 rings (SSSR count). The fraction of sp³-hybridized carbons (Fsp3) is 0.160. The molecule has 1 aromatic heterocycles. The SMILES string of the molecule is CCOc1cc(C2/C(=C(/O)c3ccc(C)cc3)C(=O)C(=O)N2c2cccnc2)ccc1O. The highest BCUT2D eigenvalue weighted by atomic mass is 16.5. The molecule has 2 N–H and O–H groups in total. The predicted molar refractivity (Wildman–Crippen MR) is 119 cm³/mol. The van der Waals surface area contributed by atoms with E-state index in [1.54, 1.807) is 49.5 Å². The topological polar surface area (TPSA) is 100.0 Å². The maximum Gasteiger partial charge on any atom is 0.300 e. The summed E-state index contributed by atoms with van der Waals surface area (Å²) in [6.07, 6.45) is 3.04. The van der Waals surface area contributed by atoms with Crippen LogP contribution in [0.5, 0.6) is 11.5 Å². The zero-order valence-corrected chi connectivity index (χ0v) is 17.6. The van der Waals surface area contributed by atoms with Crippen molar-refractivity contribution in [1.29, 1.82) is 0 Å². The lowest BCUT2D eigenvalue weighted by Crippen LogP contribution is -2.29. The Hall–Kier alpha value is -4.13. The van der Waals surface area contributed by atoms with Crippen molar-refractivity contribution < 1.29 is 24.5 Å². The van der Waals surface area contributed by atoms with Gasteiger partial charge in [-0.3, -0.25) is 19.5 Å². The van der Waals surface area contributed by atoms with E-state index in [2.05, 4.69) is 4.98 Å². The normalized spacial score (nSPS) is 17.6. The molecule has 3 aromatic rings. The second-order valence-electron chi connectivity index (χ2n) is 7.41. The van der Waals surface area contributed by atoms with Gasteiger partial charge in [0, 0.05) is 11.8 Å². The van der Waals surface area contributed by atoms with E-state index in [4.69, 9.17) is 4.74 Å². The number of Topliss-reactive ketones (excluding diaryl/α,β-unsaturated/α-hetero) is 1. The number of hydrogen-bond donors (Lipinski definition) is 2. The van der Waals surface area contributed by atoms with Gasteiger partial charge in [-0.25, -0.2) is 0 Å². The number of nitrogens with zero attached hydrogens (tertiary/aromatic N) is 2. The van der Waals surface area contributed by atoms with Crippen molar-refractivity contribution in [2.24, 2.45) is 0 Å². The molecule has 2 heterocycles. The van der Waals surface area contributed by atoms with E-state index < -0.39 is 17.7 Å². The minimum Gasteiger partial charge on any atom is -0.507 e. The molecule has 1 aliphatic rings. The third-order valence-corrected chi connectivity index (χ3v) is 5.29. The molecular weight excluding hydrogens is 408 g/mol. The smallest absolute Gasteiger partial charge is 0.300 e. The Morgan fingerprint density at radius 1 is 1.12 bits per heavy atom. The molecule has 1 aliphatic heterocycles. The van der Waals surface area contributed by atoms with Crippen LogP contribution in [-0.2, 0) is 9.59 Å². The number of hydrogen-bond acceptors (Lipinski definition) is 6. The number of carbonyl (C=O) groups excluding carboxylic acids is 2. The fourth-order valence-corrected chi connectivity index (χ4v) is 3.75. The van der Waals surface area contributed by atoms with Crippen LogP contribution in [0.1, 0.15) is 29.7 Å². The van der Waals surface area contributed by atoms with E-state index in [9.17, 15) is 19.8 Å². The number of rotatable bonds is 5. The lowest BCUT2D eigenvalue weighted by Gasteiger charge is -2.25. The Labute approximate surface area is 185 Å². The van der Waals surface area contributed by atoms with E-state index in [1.807, 2.05) is 19.1 Å². The second kappa shape index (κ2) is 8.55. The highest BCUT2D eigenvalue weighted by Crippen LogP contribution is 2.43. The van der Waals surface area contributed by atoms with Gasteiger partial charge < -0.3 is 14.9 Å². The lowest BCUT2D eigenvalue weighted by atomic mass is 9.94. The van der Waals surface area contributed by atoms with Crippen LogP contribution in [-0.4, -0.2) is 33.5 Å². The third kappa shape index (κ3) is 3.69. The van der Waals surface area contributed by atoms with Gasteiger partial charge in [0.25, 0.3) is 11.7 Å². The number of amides is 1. The van der Waals surface area contributed by atoms with Crippen molar-refractivity contribution in [2.75, 3.05) is 11.5 Å². The Morgan fingerprint density at radius 3 is 2.53 bits per heavy atom. The molecule has 1 amide bonds. The summed E-state index contributed by atoms with van der Waals surface area (Å²) in [4.78, 5) is 31.6. The van der Waals surface area contributed by atoms with Crippen LogP contribution in [0.3, 0.4) is 0 Å². The molecule has 1 atom stereocenters. The number of aromatic hydroxyl groups is 1. The number of ether oxygens (including phenoxy) is 1. The number of carbonyl (C=O) groups is 2. The molecule has 7 heteroatoms. The standard InChI is InChI=1S/C25H22N2O5/c1-3-32-20-13-17(10-11-19(20)28)22-21(23(29)16-8-6-15(2)7-9-16)24(30)25(31)27(22)18-5-4-12-26-14-18/h4-14,22,28-29H,3H2,1-2H3/b23-21-. The summed E-state index contributed by atoms with van der Waals surface area (Å²) in [5.74, 6) is -1.69. The summed E-state index contributed by atoms with van der Waals surface area (Å²) < 4.78 is 5.50. The van der Waals surface area contributed by atoms with Crippen LogP contribution in [0.4, 0.5) is 5.69 Å². The number of pyridine rings is 1. The van der Waals surface area contributed by atoms with Crippen LogP contribution < -0.4 is 9.64 Å². The van der Waals surface area contributed by atoms with Gasteiger partial charge in [-0.1, -0.05) is 35.9 Å². The molecule has 2 aromatic carbocycles. The first-order chi connectivity index (χ1) is 15.4. The molecule has 0 spiro atoms. The number of aliphatic hydroxyl groups excluding tert-OH is 1. The van der Waals surface area contributed by atoms with Crippen molar-refractivity contribution >= 4 is 23.1 Å². The van der Waals surface area contributed by atoms with Crippen molar-refractivity contribution in [3.8, 4) is 11.5 Å². The van der Waals surface area contributed by atoms with Crippen LogP contribution >= 0.6 is 0 Å². The van der Waals surface area contributed by atoms with Gasteiger partial charge in [0.05, 0.1) is 30.1 Å². The van der Waals surface area contributed by atoms with Crippen LogP contribution in [0, 0.1) is 6.92 Å². The van der Waals surface area contributed by atoms with Gasteiger partial charge in [-0.2, -0.15) is 0 Å². The minimum absolute atomic E-state index is 0.0455. The van der Waals surface area contributed by atoms with Gasteiger partial charge in [-0.05, 0) is 43.7 Å². The molecule has 32 heavy (non-hydrogen) atoms. The summed E-state index contributed by atoms with van der Waals surface area (Å²) >= 11 is 0. The molecule has 1 saturated heterocycles. The Kier molecular flexibility index (Phi) is 5.64. The van der Waals surface area contributed by atoms with E-state index in [0.717, 1.165) is 5.56 Å². The van der Waals surface area contributed by atoms with Crippen LogP contribution in [0.2, 0.25) is 0 Å². The van der Waals surface area contributed by atoms with Gasteiger partial charge in [-0.15, -0.1) is 0 Å². The van der Waals surface area contributed by atoms with E-state index in [1.165, 1.54) is 17.2 Å². The Bertz CT molecular complexity index is 1200. The molecule has 0 aliphatic carbocycles. The number of phenolic OH excluding ortho intramolecular Hbond substituents is 1. The number of ketones is 1. The summed E-state index contributed by atoms with van der Waals surface area (Å²) in [6, 6.07) is 14.0. The first-order valence-corrected chi connectivity index (χ1v) is 10.2. The molecule has 0 radical (unpaired) electrons. The molecule has 0 saturated carbocycles. The minimum atomic E-state index is -0.930. The molecular formula is C25H22N2O5. The second-order valence-corrected chi connectivity index (χ2v) is 7.41. The maximum absolute atomic E-state index is 13.1. The maximum atomic E-state index is 13.1. The average Bonchev–Trinajstić information content (AvgIpc) is 3.06. The van der Waals surface area contributed by atoms with Crippen LogP contribution in [0.15, 0.2) is 72.6 Å². The average molecular weight is 430 g/mol. The predicted octanol–water partition coefficient (Wildman–Crippen LogP) is 4.12. The summed E-state index contributed by atoms with van der Waals surface area (Å²) in [5.41, 5.74) is 2.29. The Morgan fingerprint density at radius 2 is 1.88 bits per heavy atom. The highest BCUT2D eigenvalue weighted by molar-refractivity contribution is 6.51. The monoisotopic (exact) mass is 430 g/mol. The number of anilines is 1. The zero-order chi connectivity index (χ0) is 22.8. The van der Waals surface area contributed by atoms with Gasteiger partial charge in [0.1, 0.15) is 5.76 Å². The van der Waals surface area contributed by atoms with E-state index in [0.29, 0.717) is 23.4 Å². The molecule has 7 nitrogen and oxygen atoms in total. The van der Waals surface area contributed by atoms with Crippen molar-refractivity contribution in [1.82, 2.24) is 4.98 Å². The summed E-state index contributed by atoms with van der Waals surface area (Å²) in [5, 5.41) is 21.2. The number of benzene rings is 2. The molecule has 1 fully saturated rings. The number of aryl methyl sites for hydroxylation is 1. The Balaban J connectivity index is 1.95.